The van der Waals surface area contributed by atoms with Crippen LogP contribution in [0.2, 0.25) is 0 Å². The van der Waals surface area contributed by atoms with Gasteiger partial charge in [0.25, 0.3) is 11.8 Å². The van der Waals surface area contributed by atoms with Crippen molar-refractivity contribution in [1.82, 2.24) is 25.6 Å². The number of nitrogens with zero attached hydrogens (tertiary/aromatic N) is 3. The molecular weight excluding hydrogens is 396 g/mol. The molecule has 1 heterocycles. The standard InChI is InChI=1S/C22H24N6O3/c1-14-4-3-5-17(12-14)22(31)24-11-10-20(29)25-15(2)16-6-8-18(9-7-16)28-13-19(21(23)30)26-27-28/h3-9,12-13,15H,10-11H2,1-2H3,(H2,23,30)(H,24,31)(H,25,29). The molecule has 0 saturated carbocycles. The summed E-state index contributed by atoms with van der Waals surface area (Å²) in [7, 11) is 0. The highest BCUT2D eigenvalue weighted by molar-refractivity contribution is 5.94. The number of benzene rings is 2. The Balaban J connectivity index is 1.49. The minimum absolute atomic E-state index is 0.0826. The molecule has 3 rings (SSSR count). The van der Waals surface area contributed by atoms with E-state index in [1.54, 1.807) is 24.3 Å². The van der Waals surface area contributed by atoms with Gasteiger partial charge in [-0.05, 0) is 43.7 Å². The third-order valence-electron chi connectivity index (χ3n) is 4.70. The number of hydrogen-bond donors (Lipinski definition) is 3. The molecule has 0 radical (unpaired) electrons. The molecule has 0 aliphatic carbocycles. The van der Waals surface area contributed by atoms with E-state index in [2.05, 4.69) is 20.9 Å². The average Bonchev–Trinajstić information content (AvgIpc) is 3.24. The van der Waals surface area contributed by atoms with Gasteiger partial charge in [-0.2, -0.15) is 0 Å². The van der Waals surface area contributed by atoms with Crippen LogP contribution in [0.15, 0.2) is 54.7 Å². The van der Waals surface area contributed by atoms with E-state index in [1.165, 1.54) is 10.9 Å². The van der Waals surface area contributed by atoms with Gasteiger partial charge in [0.2, 0.25) is 5.91 Å². The fraction of sp³-hybridized carbons (Fsp3) is 0.227. The SMILES string of the molecule is Cc1cccc(C(=O)NCCC(=O)NC(C)c2ccc(-n3cc(C(N)=O)nn3)cc2)c1. The van der Waals surface area contributed by atoms with Crippen LogP contribution >= 0.6 is 0 Å². The molecule has 0 fully saturated rings. The van der Waals surface area contributed by atoms with Gasteiger partial charge in [0.1, 0.15) is 0 Å². The van der Waals surface area contributed by atoms with Crippen molar-refractivity contribution in [3.63, 3.8) is 0 Å². The molecule has 3 amide bonds. The molecule has 9 heteroatoms. The molecule has 160 valence electrons. The van der Waals surface area contributed by atoms with E-state index < -0.39 is 5.91 Å². The fourth-order valence-electron chi connectivity index (χ4n) is 2.99. The van der Waals surface area contributed by atoms with Crippen molar-refractivity contribution in [2.24, 2.45) is 5.73 Å². The van der Waals surface area contributed by atoms with Crippen molar-refractivity contribution < 1.29 is 14.4 Å². The monoisotopic (exact) mass is 420 g/mol. The van der Waals surface area contributed by atoms with Crippen LogP contribution in [-0.4, -0.2) is 39.3 Å². The zero-order chi connectivity index (χ0) is 22.4. The first-order valence-corrected chi connectivity index (χ1v) is 9.80. The van der Waals surface area contributed by atoms with Crippen molar-refractivity contribution in [3.8, 4) is 5.69 Å². The number of rotatable bonds is 8. The van der Waals surface area contributed by atoms with Crippen LogP contribution in [0.5, 0.6) is 0 Å². The van der Waals surface area contributed by atoms with Gasteiger partial charge in [0.15, 0.2) is 5.69 Å². The van der Waals surface area contributed by atoms with Crippen LogP contribution in [-0.2, 0) is 4.79 Å². The molecule has 0 aliphatic heterocycles. The van der Waals surface area contributed by atoms with Crippen LogP contribution in [0.4, 0.5) is 0 Å². The lowest BCUT2D eigenvalue weighted by Crippen LogP contribution is -2.32. The maximum Gasteiger partial charge on any atom is 0.270 e. The number of hydrogen-bond acceptors (Lipinski definition) is 5. The number of aryl methyl sites for hydroxylation is 1. The van der Waals surface area contributed by atoms with E-state index in [1.807, 2.05) is 38.1 Å². The molecule has 9 nitrogen and oxygen atoms in total. The zero-order valence-corrected chi connectivity index (χ0v) is 17.3. The van der Waals surface area contributed by atoms with Crippen molar-refractivity contribution in [2.45, 2.75) is 26.3 Å². The van der Waals surface area contributed by atoms with Gasteiger partial charge in [-0.3, -0.25) is 14.4 Å². The highest BCUT2D eigenvalue weighted by Crippen LogP contribution is 2.15. The number of primary amides is 1. The number of nitrogens with one attached hydrogen (secondary N) is 2. The van der Waals surface area contributed by atoms with Gasteiger partial charge in [0, 0.05) is 18.5 Å². The van der Waals surface area contributed by atoms with Crippen LogP contribution in [0.25, 0.3) is 5.69 Å². The fourth-order valence-corrected chi connectivity index (χ4v) is 2.99. The van der Waals surface area contributed by atoms with Crippen molar-refractivity contribution >= 4 is 17.7 Å². The van der Waals surface area contributed by atoms with Gasteiger partial charge >= 0.3 is 0 Å². The second-order valence-electron chi connectivity index (χ2n) is 7.17. The maximum absolute atomic E-state index is 12.2. The zero-order valence-electron chi connectivity index (χ0n) is 17.3. The summed E-state index contributed by atoms with van der Waals surface area (Å²) in [5, 5.41) is 13.2. The maximum atomic E-state index is 12.2. The molecule has 31 heavy (non-hydrogen) atoms. The molecule has 0 aliphatic rings. The Kier molecular flexibility index (Phi) is 6.76. The van der Waals surface area contributed by atoms with E-state index in [9.17, 15) is 14.4 Å². The van der Waals surface area contributed by atoms with E-state index in [0.29, 0.717) is 11.3 Å². The largest absolute Gasteiger partial charge is 0.364 e. The Morgan fingerprint density at radius 2 is 1.87 bits per heavy atom. The molecule has 4 N–H and O–H groups in total. The Morgan fingerprint density at radius 1 is 1.13 bits per heavy atom. The van der Waals surface area contributed by atoms with Gasteiger partial charge in [-0.15, -0.1) is 5.10 Å². The predicted molar refractivity (Wildman–Crippen MR) is 115 cm³/mol. The summed E-state index contributed by atoms with van der Waals surface area (Å²) < 4.78 is 1.45. The number of nitrogens with two attached hydrogens (primary N) is 1. The average molecular weight is 420 g/mol. The topological polar surface area (TPSA) is 132 Å². The molecular formula is C22H24N6O3. The molecule has 1 atom stereocenters. The molecule has 3 aromatic rings. The highest BCUT2D eigenvalue weighted by atomic mass is 16.2. The molecule has 1 unspecified atom stereocenters. The van der Waals surface area contributed by atoms with Crippen LogP contribution < -0.4 is 16.4 Å². The number of carbonyl (C=O) groups is 3. The smallest absolute Gasteiger partial charge is 0.270 e. The lowest BCUT2D eigenvalue weighted by Gasteiger charge is -2.15. The van der Waals surface area contributed by atoms with Crippen molar-refractivity contribution in [2.75, 3.05) is 6.54 Å². The second kappa shape index (κ2) is 9.66. The summed E-state index contributed by atoms with van der Waals surface area (Å²) in [6, 6.07) is 14.4. The summed E-state index contributed by atoms with van der Waals surface area (Å²) >= 11 is 0. The van der Waals surface area contributed by atoms with Gasteiger partial charge in [-0.1, -0.05) is 35.0 Å². The minimum atomic E-state index is -0.644. The molecule has 0 spiro atoms. The summed E-state index contributed by atoms with van der Waals surface area (Å²) in [4.78, 5) is 35.5. The normalized spacial score (nSPS) is 11.5. The number of amides is 3. The Labute approximate surface area is 179 Å². The molecule has 0 bridgehead atoms. The highest BCUT2D eigenvalue weighted by Gasteiger charge is 2.12. The Bertz CT molecular complexity index is 1090. The summed E-state index contributed by atoms with van der Waals surface area (Å²) in [6.07, 6.45) is 1.63. The third-order valence-corrected chi connectivity index (χ3v) is 4.70. The van der Waals surface area contributed by atoms with E-state index >= 15 is 0 Å². The molecule has 0 saturated heterocycles. The first kappa shape index (κ1) is 21.7. The lowest BCUT2D eigenvalue weighted by molar-refractivity contribution is -0.121. The van der Waals surface area contributed by atoms with Crippen LogP contribution in [0, 0.1) is 6.92 Å². The second-order valence-corrected chi connectivity index (χ2v) is 7.17. The van der Waals surface area contributed by atoms with Gasteiger partial charge in [-0.25, -0.2) is 4.68 Å². The summed E-state index contributed by atoms with van der Waals surface area (Å²) in [5.41, 5.74) is 8.45. The van der Waals surface area contributed by atoms with E-state index in [4.69, 9.17) is 5.73 Å². The predicted octanol–water partition coefficient (Wildman–Crippen LogP) is 1.67. The quantitative estimate of drug-likeness (QED) is 0.510. The van der Waals surface area contributed by atoms with Crippen molar-refractivity contribution in [3.05, 3.63) is 77.1 Å². The third kappa shape index (κ3) is 5.75. The Hall–Kier alpha value is -4.01. The summed E-state index contributed by atoms with van der Waals surface area (Å²) in [5.74, 6) is -1.01. The van der Waals surface area contributed by atoms with Crippen molar-refractivity contribution in [1.29, 1.82) is 0 Å². The van der Waals surface area contributed by atoms with E-state index in [0.717, 1.165) is 11.1 Å². The van der Waals surface area contributed by atoms with Crippen LogP contribution in [0.1, 0.15) is 51.4 Å². The molecule has 1 aromatic heterocycles. The Morgan fingerprint density at radius 3 is 2.52 bits per heavy atom. The minimum Gasteiger partial charge on any atom is -0.364 e. The lowest BCUT2D eigenvalue weighted by atomic mass is 10.1. The van der Waals surface area contributed by atoms with E-state index in [-0.39, 0.29) is 36.5 Å². The number of carbonyl (C=O) groups excluding carboxylic acids is 3. The number of aromatic nitrogens is 3. The van der Waals surface area contributed by atoms with Gasteiger partial charge < -0.3 is 16.4 Å². The summed E-state index contributed by atoms with van der Waals surface area (Å²) in [6.45, 7) is 4.04. The van der Waals surface area contributed by atoms with Gasteiger partial charge in [0.05, 0.1) is 17.9 Å². The first-order chi connectivity index (χ1) is 14.8. The first-order valence-electron chi connectivity index (χ1n) is 9.80. The van der Waals surface area contributed by atoms with Crippen LogP contribution in [0.3, 0.4) is 0 Å². The molecule has 2 aromatic carbocycles.